The minimum absolute atomic E-state index is 0.0772. The number of nitrogens with zero attached hydrogens (tertiary/aromatic N) is 2. The molecule has 2 bridgehead atoms. The second kappa shape index (κ2) is 12.4. The van der Waals surface area contributed by atoms with E-state index in [1.54, 1.807) is 6.07 Å². The predicted molar refractivity (Wildman–Crippen MR) is 178 cm³/mol. The van der Waals surface area contributed by atoms with Gasteiger partial charge in [-0.25, -0.2) is 0 Å². The van der Waals surface area contributed by atoms with Gasteiger partial charge in [-0.2, -0.15) is 0 Å². The summed E-state index contributed by atoms with van der Waals surface area (Å²) in [5, 5.41) is 10.2. The van der Waals surface area contributed by atoms with Gasteiger partial charge in [0.05, 0.1) is 11.4 Å². The van der Waals surface area contributed by atoms with Gasteiger partial charge >= 0.3 is 0 Å². The first-order valence-corrected chi connectivity index (χ1v) is 15.3. The number of thiocarbonyl (C=S) groups is 1. The lowest BCUT2D eigenvalue weighted by atomic mass is 9.83. The van der Waals surface area contributed by atoms with Crippen molar-refractivity contribution >= 4 is 40.3 Å². The van der Waals surface area contributed by atoms with Gasteiger partial charge in [0.2, 0.25) is 0 Å². The van der Waals surface area contributed by atoms with Crippen molar-refractivity contribution in [3.8, 4) is 0 Å². The maximum Gasteiger partial charge on any atom is 0.251 e. The lowest BCUT2D eigenvalue weighted by molar-refractivity contribution is 0.0954. The van der Waals surface area contributed by atoms with Gasteiger partial charge in [-0.1, -0.05) is 42.5 Å². The van der Waals surface area contributed by atoms with Crippen LogP contribution in [0.4, 0.5) is 17.1 Å². The first kappa shape index (κ1) is 28.7. The number of fused-ring (bicyclic) bond motifs is 4. The molecule has 3 aromatic carbocycles. The van der Waals surface area contributed by atoms with Gasteiger partial charge in [0, 0.05) is 55.1 Å². The lowest BCUT2D eigenvalue weighted by Crippen LogP contribution is -2.47. The molecule has 43 heavy (non-hydrogen) atoms. The maximum absolute atomic E-state index is 13.2. The van der Waals surface area contributed by atoms with E-state index in [9.17, 15) is 9.59 Å². The number of amides is 1. The molecule has 1 fully saturated rings. The molecule has 0 saturated carbocycles. The van der Waals surface area contributed by atoms with E-state index in [0.717, 1.165) is 55.2 Å². The van der Waals surface area contributed by atoms with E-state index in [1.165, 1.54) is 16.7 Å². The zero-order valence-corrected chi connectivity index (χ0v) is 25.4. The van der Waals surface area contributed by atoms with E-state index in [4.69, 9.17) is 12.2 Å². The normalized spacial score (nSPS) is 17.1. The highest BCUT2D eigenvalue weighted by Crippen LogP contribution is 2.39. The fourth-order valence-electron chi connectivity index (χ4n) is 6.32. The van der Waals surface area contributed by atoms with Crippen LogP contribution in [0.25, 0.3) is 0 Å². The Morgan fingerprint density at radius 3 is 2.53 bits per heavy atom. The number of piperidine rings is 1. The number of nitrogens with one attached hydrogen (secondary N) is 3. The number of hydrogen-bond acceptors (Lipinski definition) is 4. The number of carbonyl (C=O) groups is 1. The summed E-state index contributed by atoms with van der Waals surface area (Å²) in [5.41, 5.74) is 8.02. The van der Waals surface area contributed by atoms with Crippen LogP contribution < -0.4 is 26.4 Å². The summed E-state index contributed by atoms with van der Waals surface area (Å²) in [6.07, 6.45) is 1.83. The molecule has 0 aliphatic carbocycles. The summed E-state index contributed by atoms with van der Waals surface area (Å²) in [5.74, 6) is 0.499. The molecule has 1 saturated heterocycles. The van der Waals surface area contributed by atoms with Crippen LogP contribution in [0.1, 0.15) is 45.1 Å². The van der Waals surface area contributed by atoms with Crippen molar-refractivity contribution in [2.45, 2.75) is 39.2 Å². The third kappa shape index (κ3) is 6.49. The summed E-state index contributed by atoms with van der Waals surface area (Å²) < 4.78 is 1.95. The number of pyridine rings is 1. The van der Waals surface area contributed by atoms with E-state index >= 15 is 0 Å². The Labute approximate surface area is 257 Å². The molecule has 2 aliphatic rings. The number of carbonyl (C=O) groups excluding carboxylic acids is 1. The summed E-state index contributed by atoms with van der Waals surface area (Å²) in [6.45, 7) is 7.05. The molecule has 1 amide bonds. The van der Waals surface area contributed by atoms with Gasteiger partial charge in [-0.05, 0) is 97.9 Å². The highest BCUT2D eigenvalue weighted by molar-refractivity contribution is 7.80. The zero-order chi connectivity index (χ0) is 29.9. The molecule has 220 valence electrons. The van der Waals surface area contributed by atoms with E-state index in [-0.39, 0.29) is 17.4 Å². The summed E-state index contributed by atoms with van der Waals surface area (Å²) in [6, 6.07) is 27.7. The minimum atomic E-state index is -0.123. The topological polar surface area (TPSA) is 78.4 Å². The summed E-state index contributed by atoms with van der Waals surface area (Å²) in [4.78, 5) is 28.1. The number of hydrogen-bond donors (Lipinski definition) is 3. The molecule has 3 N–H and O–H groups in total. The van der Waals surface area contributed by atoms with Crippen LogP contribution in [0.2, 0.25) is 0 Å². The van der Waals surface area contributed by atoms with Crippen LogP contribution in [0.3, 0.4) is 0 Å². The molecule has 4 aromatic rings. The Morgan fingerprint density at radius 1 is 0.884 bits per heavy atom. The molecule has 0 radical (unpaired) electrons. The first-order valence-electron chi connectivity index (χ1n) is 14.9. The number of anilines is 3. The van der Waals surface area contributed by atoms with Gasteiger partial charge in [-0.3, -0.25) is 9.59 Å². The van der Waals surface area contributed by atoms with E-state index in [2.05, 4.69) is 65.0 Å². The fraction of sp³-hybridized carbons (Fsp3) is 0.286. The SMILES string of the molecule is Cc1ccc(NC(=S)Nc2cc(C(=O)NCCc3ccccc3)ccc2N2C[C@H]3C[C@@H](C2)c2cccc(=O)n2C3)cc1C. The van der Waals surface area contributed by atoms with Crippen LogP contribution in [0, 0.1) is 19.8 Å². The number of rotatable bonds is 7. The van der Waals surface area contributed by atoms with Gasteiger partial charge < -0.3 is 25.4 Å². The molecule has 3 heterocycles. The zero-order valence-electron chi connectivity index (χ0n) is 24.6. The van der Waals surface area contributed by atoms with E-state index < -0.39 is 0 Å². The Balaban J connectivity index is 1.24. The molecule has 6 rings (SSSR count). The smallest absolute Gasteiger partial charge is 0.251 e. The predicted octanol–water partition coefficient (Wildman–Crippen LogP) is 5.87. The number of aryl methyl sites for hydroxylation is 2. The van der Waals surface area contributed by atoms with Crippen molar-refractivity contribution in [1.29, 1.82) is 0 Å². The molecule has 0 spiro atoms. The Hall–Kier alpha value is -4.43. The van der Waals surface area contributed by atoms with Crippen LogP contribution in [0.5, 0.6) is 0 Å². The second-order valence-corrected chi connectivity index (χ2v) is 12.1. The van der Waals surface area contributed by atoms with Crippen molar-refractivity contribution in [3.63, 3.8) is 0 Å². The Morgan fingerprint density at radius 2 is 1.72 bits per heavy atom. The van der Waals surface area contributed by atoms with Gasteiger partial charge in [0.1, 0.15) is 0 Å². The van der Waals surface area contributed by atoms with Crippen molar-refractivity contribution < 1.29 is 4.79 Å². The first-order chi connectivity index (χ1) is 20.8. The van der Waals surface area contributed by atoms with Crippen LogP contribution in [0.15, 0.2) is 89.7 Å². The summed E-state index contributed by atoms with van der Waals surface area (Å²) >= 11 is 5.76. The molecule has 0 unspecified atom stereocenters. The van der Waals surface area contributed by atoms with Crippen LogP contribution in [-0.4, -0.2) is 35.2 Å². The molecule has 8 heteroatoms. The minimum Gasteiger partial charge on any atom is -0.369 e. The van der Waals surface area contributed by atoms with Crippen molar-refractivity contribution in [3.05, 3.63) is 123 Å². The lowest BCUT2D eigenvalue weighted by Gasteiger charge is -2.44. The molecular formula is C35H37N5O2S. The van der Waals surface area contributed by atoms with Crippen molar-refractivity contribution in [1.82, 2.24) is 9.88 Å². The Kier molecular flexibility index (Phi) is 8.29. The third-order valence-electron chi connectivity index (χ3n) is 8.63. The number of aromatic nitrogens is 1. The standard InChI is InChI=1S/C35H37N5O2S/c1-23-11-13-29(17-24(23)2)37-35(43)38-30-19-27(34(42)36-16-15-25-7-4-3-5-8-25)12-14-32(30)39-20-26-18-28(22-39)31-9-6-10-33(41)40(31)21-26/h3-14,17,19,26,28H,15-16,18,20-22H2,1-2H3,(H,36,42)(H2,37,38,43)/t26-,28+/m1/s1. The van der Waals surface area contributed by atoms with Crippen molar-refractivity contribution in [2.24, 2.45) is 5.92 Å². The fourth-order valence-corrected chi connectivity index (χ4v) is 6.55. The quantitative estimate of drug-likeness (QED) is 0.234. The van der Waals surface area contributed by atoms with Crippen LogP contribution >= 0.6 is 12.2 Å². The average molecular weight is 592 g/mol. The van der Waals surface area contributed by atoms with Crippen LogP contribution in [-0.2, 0) is 13.0 Å². The second-order valence-electron chi connectivity index (χ2n) is 11.7. The van der Waals surface area contributed by atoms with Crippen molar-refractivity contribution in [2.75, 3.05) is 35.2 Å². The monoisotopic (exact) mass is 591 g/mol. The maximum atomic E-state index is 13.2. The molecule has 2 aliphatic heterocycles. The number of benzene rings is 3. The highest BCUT2D eigenvalue weighted by atomic mass is 32.1. The van der Waals surface area contributed by atoms with Gasteiger partial charge in [-0.15, -0.1) is 0 Å². The summed E-state index contributed by atoms with van der Waals surface area (Å²) in [7, 11) is 0. The molecular weight excluding hydrogens is 554 g/mol. The Bertz CT molecular complexity index is 1720. The third-order valence-corrected chi connectivity index (χ3v) is 8.84. The molecule has 1 aromatic heterocycles. The average Bonchev–Trinajstić information content (AvgIpc) is 3.00. The van der Waals surface area contributed by atoms with E-state index in [0.29, 0.717) is 23.1 Å². The van der Waals surface area contributed by atoms with Gasteiger partial charge in [0.25, 0.3) is 11.5 Å². The largest absolute Gasteiger partial charge is 0.369 e. The van der Waals surface area contributed by atoms with E-state index in [1.807, 2.05) is 53.1 Å². The van der Waals surface area contributed by atoms with Gasteiger partial charge in [0.15, 0.2) is 5.11 Å². The molecule has 7 nitrogen and oxygen atoms in total. The highest BCUT2D eigenvalue weighted by Gasteiger charge is 2.35. The molecule has 2 atom stereocenters.